The summed E-state index contributed by atoms with van der Waals surface area (Å²) in [5.74, 6) is -3.02. The highest BCUT2D eigenvalue weighted by molar-refractivity contribution is 5.95. The van der Waals surface area contributed by atoms with Gasteiger partial charge in [0.1, 0.15) is 18.1 Å². The van der Waals surface area contributed by atoms with E-state index in [2.05, 4.69) is 40.9 Å². The van der Waals surface area contributed by atoms with Gasteiger partial charge < -0.3 is 41.7 Å². The number of para-hydroxylation sites is 1. The highest BCUT2D eigenvalue weighted by Crippen LogP contribution is 2.19. The number of fused-ring (bicyclic) bond motifs is 1. The topological polar surface area (TPSA) is 224 Å². The highest BCUT2D eigenvalue weighted by atomic mass is 16.4. The molecule has 0 aliphatic heterocycles. The van der Waals surface area contributed by atoms with E-state index in [1.54, 1.807) is 12.4 Å². The Bertz CT molecular complexity index is 1510. The molecule has 4 rings (SSSR count). The Morgan fingerprint density at radius 2 is 1.42 bits per heavy atom. The van der Waals surface area contributed by atoms with E-state index in [-0.39, 0.29) is 31.6 Å². The molecule has 3 heterocycles. The molecule has 0 radical (unpaired) electrons. The first-order valence-electron chi connectivity index (χ1n) is 14.0. The second-order valence-corrected chi connectivity index (χ2v) is 10.9. The average molecular weight is 592 g/mol. The number of nitrogens with two attached hydrogens (primary N) is 1. The van der Waals surface area contributed by atoms with Crippen LogP contribution in [-0.2, 0) is 38.4 Å². The molecule has 3 amide bonds. The van der Waals surface area contributed by atoms with Gasteiger partial charge in [-0.25, -0.2) is 14.8 Å². The van der Waals surface area contributed by atoms with Crippen molar-refractivity contribution in [1.29, 1.82) is 0 Å². The average Bonchev–Trinajstić information content (AvgIpc) is 3.75. The summed E-state index contributed by atoms with van der Waals surface area (Å²) in [7, 11) is 0. The molecule has 0 aliphatic carbocycles. The van der Waals surface area contributed by atoms with Crippen LogP contribution >= 0.6 is 0 Å². The molecule has 0 saturated carbocycles. The highest BCUT2D eigenvalue weighted by Gasteiger charge is 2.31. The van der Waals surface area contributed by atoms with Crippen LogP contribution in [0.1, 0.15) is 37.2 Å². The number of aliphatic carboxylic acids is 1. The molecule has 14 nitrogen and oxygen atoms in total. The lowest BCUT2D eigenvalue weighted by molar-refractivity contribution is -0.142. The Labute approximate surface area is 247 Å². The van der Waals surface area contributed by atoms with Crippen LogP contribution in [0.3, 0.4) is 0 Å². The lowest BCUT2D eigenvalue weighted by Crippen LogP contribution is -2.58. The monoisotopic (exact) mass is 591 g/mol. The quantitative estimate of drug-likeness (QED) is 0.0972. The summed E-state index contributed by atoms with van der Waals surface area (Å²) >= 11 is 0. The largest absolute Gasteiger partial charge is 0.480 e. The number of carboxylic acids is 1. The molecular weight excluding hydrogens is 554 g/mol. The van der Waals surface area contributed by atoms with E-state index in [0.717, 1.165) is 16.5 Å². The Morgan fingerprint density at radius 3 is 2.05 bits per heavy atom. The number of hydrogen-bond acceptors (Lipinski definition) is 7. The first-order chi connectivity index (χ1) is 20.6. The van der Waals surface area contributed by atoms with Gasteiger partial charge in [-0.3, -0.25) is 14.4 Å². The number of aromatic nitrogens is 5. The maximum atomic E-state index is 13.6. The van der Waals surface area contributed by atoms with Crippen molar-refractivity contribution in [2.75, 3.05) is 0 Å². The van der Waals surface area contributed by atoms with Gasteiger partial charge in [0.15, 0.2) is 0 Å². The molecule has 3 aromatic heterocycles. The third-order valence-corrected chi connectivity index (χ3v) is 7.00. The van der Waals surface area contributed by atoms with Crippen LogP contribution in [0.15, 0.2) is 55.5 Å². The van der Waals surface area contributed by atoms with E-state index in [4.69, 9.17) is 5.73 Å². The van der Waals surface area contributed by atoms with E-state index in [1.807, 2.05) is 38.1 Å². The normalized spacial score (nSPS) is 14.1. The zero-order chi connectivity index (χ0) is 30.9. The van der Waals surface area contributed by atoms with Crippen LogP contribution < -0.4 is 21.7 Å². The summed E-state index contributed by atoms with van der Waals surface area (Å²) in [6.45, 7) is 3.81. The summed E-state index contributed by atoms with van der Waals surface area (Å²) in [6, 6.07) is 3.15. The van der Waals surface area contributed by atoms with Crippen molar-refractivity contribution in [3.05, 3.63) is 72.5 Å². The third-order valence-electron chi connectivity index (χ3n) is 7.00. The van der Waals surface area contributed by atoms with Crippen molar-refractivity contribution in [2.45, 2.75) is 63.7 Å². The van der Waals surface area contributed by atoms with Crippen molar-refractivity contribution in [2.24, 2.45) is 11.7 Å². The van der Waals surface area contributed by atoms with Crippen LogP contribution in [0.4, 0.5) is 0 Å². The summed E-state index contributed by atoms with van der Waals surface area (Å²) < 4.78 is 0. The van der Waals surface area contributed by atoms with Crippen molar-refractivity contribution >= 4 is 34.6 Å². The molecule has 0 saturated heterocycles. The van der Waals surface area contributed by atoms with Gasteiger partial charge in [-0.05, 0) is 24.0 Å². The number of carbonyl (C=O) groups is 4. The lowest BCUT2D eigenvalue weighted by Gasteiger charge is -2.26. The first-order valence-corrected chi connectivity index (χ1v) is 14.0. The Kier molecular flexibility index (Phi) is 10.3. The zero-order valence-electron chi connectivity index (χ0n) is 24.0. The van der Waals surface area contributed by atoms with Crippen LogP contribution in [0.2, 0.25) is 0 Å². The summed E-state index contributed by atoms with van der Waals surface area (Å²) in [5.41, 5.74) is 8.89. The van der Waals surface area contributed by atoms with Crippen LogP contribution in [0.25, 0.3) is 10.9 Å². The number of benzene rings is 1. The molecule has 4 atom stereocenters. The molecule has 43 heavy (non-hydrogen) atoms. The fraction of sp³-hybridized carbons (Fsp3) is 0.379. The first kappa shape index (κ1) is 31.0. The molecule has 0 spiro atoms. The molecule has 4 aromatic rings. The minimum absolute atomic E-state index is 0.0200. The smallest absolute Gasteiger partial charge is 0.326 e. The summed E-state index contributed by atoms with van der Waals surface area (Å²) in [4.78, 5) is 68.9. The van der Waals surface area contributed by atoms with E-state index in [0.29, 0.717) is 11.4 Å². The Hall–Kier alpha value is -4.98. The molecule has 1 aromatic carbocycles. The van der Waals surface area contributed by atoms with Gasteiger partial charge >= 0.3 is 5.97 Å². The van der Waals surface area contributed by atoms with Crippen molar-refractivity contribution in [1.82, 2.24) is 40.9 Å². The number of carboxylic acid groups (broad SMARTS) is 1. The van der Waals surface area contributed by atoms with E-state index in [9.17, 15) is 24.3 Å². The molecule has 0 bridgehead atoms. The number of nitrogens with one attached hydrogen (secondary N) is 6. The van der Waals surface area contributed by atoms with Gasteiger partial charge in [0, 0.05) is 60.1 Å². The minimum Gasteiger partial charge on any atom is -0.480 e. The Morgan fingerprint density at radius 1 is 0.814 bits per heavy atom. The fourth-order valence-electron chi connectivity index (χ4n) is 4.80. The predicted molar refractivity (Wildman–Crippen MR) is 157 cm³/mol. The van der Waals surface area contributed by atoms with Gasteiger partial charge in [-0.15, -0.1) is 0 Å². The number of imidazole rings is 2. The number of carbonyl (C=O) groups excluding carboxylic acids is 3. The number of amides is 3. The zero-order valence-corrected chi connectivity index (χ0v) is 24.0. The van der Waals surface area contributed by atoms with Gasteiger partial charge in [0.2, 0.25) is 17.7 Å². The molecular formula is C29H37N9O5. The van der Waals surface area contributed by atoms with E-state index in [1.165, 1.54) is 18.9 Å². The molecule has 0 aliphatic rings. The maximum Gasteiger partial charge on any atom is 0.326 e. The van der Waals surface area contributed by atoms with Crippen molar-refractivity contribution < 1.29 is 24.3 Å². The minimum atomic E-state index is -1.28. The van der Waals surface area contributed by atoms with E-state index >= 15 is 0 Å². The third kappa shape index (κ3) is 8.52. The molecule has 0 fully saturated rings. The molecule has 14 heteroatoms. The van der Waals surface area contributed by atoms with Gasteiger partial charge in [0.25, 0.3) is 0 Å². The lowest BCUT2D eigenvalue weighted by atomic mass is 10.00. The number of aromatic amines is 3. The Balaban J connectivity index is 1.54. The second kappa shape index (κ2) is 14.3. The standard InChI is InChI=1S/C29H37N9O5/c1-16(2)7-23(36-26(39)21(30)9-18-12-31-14-34-18)27(40)37-24(8-17-11-33-22-6-4-3-5-20(17)22)28(41)38-25(29(42)43)10-19-13-32-15-35-19/h3-6,11-16,21,23-25,33H,7-10,30H2,1-2H3,(H,31,34)(H,32,35)(H,36,39)(H,37,40)(H,38,41)(H,42,43). The molecule has 4 unspecified atom stereocenters. The van der Waals surface area contributed by atoms with E-state index < -0.39 is 47.9 Å². The number of rotatable bonds is 15. The number of H-pyrrole nitrogens is 3. The fourth-order valence-corrected chi connectivity index (χ4v) is 4.80. The summed E-state index contributed by atoms with van der Waals surface area (Å²) in [5, 5.41) is 18.7. The van der Waals surface area contributed by atoms with Gasteiger partial charge in [0.05, 0.1) is 18.7 Å². The van der Waals surface area contributed by atoms with Crippen LogP contribution in [0.5, 0.6) is 0 Å². The molecule has 9 N–H and O–H groups in total. The number of hydrogen-bond donors (Lipinski definition) is 8. The van der Waals surface area contributed by atoms with Crippen molar-refractivity contribution in [3.63, 3.8) is 0 Å². The number of nitrogens with zero attached hydrogens (tertiary/aromatic N) is 2. The van der Waals surface area contributed by atoms with Crippen LogP contribution in [0, 0.1) is 5.92 Å². The predicted octanol–water partition coefficient (Wildman–Crippen LogP) is 0.554. The molecule has 228 valence electrons. The van der Waals surface area contributed by atoms with Gasteiger partial charge in [-0.1, -0.05) is 32.0 Å². The summed E-state index contributed by atoms with van der Waals surface area (Å²) in [6.07, 6.45) is 8.21. The van der Waals surface area contributed by atoms with Crippen molar-refractivity contribution in [3.8, 4) is 0 Å². The van der Waals surface area contributed by atoms with Gasteiger partial charge in [-0.2, -0.15) is 0 Å². The van der Waals surface area contributed by atoms with Crippen LogP contribution in [-0.4, -0.2) is 77.9 Å². The SMILES string of the molecule is CC(C)CC(NC(=O)C(N)Cc1cnc[nH]1)C(=O)NC(Cc1c[nH]c2ccccc12)C(=O)NC(Cc1cnc[nH]1)C(=O)O. The maximum absolute atomic E-state index is 13.6. The second-order valence-electron chi connectivity index (χ2n) is 10.9.